The Morgan fingerprint density at radius 3 is 2.33 bits per heavy atom. The van der Waals surface area contributed by atoms with Gasteiger partial charge < -0.3 is 14.4 Å². The average molecular weight is 266 g/mol. The lowest BCUT2D eigenvalue weighted by Crippen LogP contribution is -2.27. The fourth-order valence-corrected chi connectivity index (χ4v) is 2.06. The molecule has 0 aromatic rings. The van der Waals surface area contributed by atoms with Gasteiger partial charge >= 0.3 is 15.6 Å². The Labute approximate surface area is 86.7 Å². The van der Waals surface area contributed by atoms with Crippen LogP contribution in [0.25, 0.3) is 0 Å². The van der Waals surface area contributed by atoms with Crippen molar-refractivity contribution >= 4 is 21.9 Å². The van der Waals surface area contributed by atoms with Gasteiger partial charge in [0.1, 0.15) is 6.10 Å². The van der Waals surface area contributed by atoms with Gasteiger partial charge in [0.05, 0.1) is 0 Å². The van der Waals surface area contributed by atoms with E-state index in [1.54, 1.807) is 0 Å². The molecule has 0 aromatic carbocycles. The zero-order chi connectivity index (χ0) is 11.9. The van der Waals surface area contributed by atoms with Crippen molar-refractivity contribution in [1.29, 1.82) is 0 Å². The van der Waals surface area contributed by atoms with Crippen LogP contribution in [0.2, 0.25) is 0 Å². The predicted octanol–water partition coefficient (Wildman–Crippen LogP) is 0.687. The summed E-state index contributed by atoms with van der Waals surface area (Å²) < 4.78 is 60.1. The first-order valence-corrected chi connectivity index (χ1v) is 5.79. The van der Waals surface area contributed by atoms with Crippen LogP contribution in [0.5, 0.6) is 0 Å². The molecule has 1 rings (SSSR count). The summed E-state index contributed by atoms with van der Waals surface area (Å²) >= 11 is 0.593. The summed E-state index contributed by atoms with van der Waals surface area (Å²) in [6.07, 6.45) is -1.56. The number of hydrogen-bond donors (Lipinski definition) is 2. The zero-order valence-electron chi connectivity index (χ0n) is 6.85. The first-order chi connectivity index (χ1) is 6.65. The SMILES string of the molecule is O=S(=O)(OC1=C(O)SCC1O)C(F)(F)F. The molecule has 0 radical (unpaired) electrons. The third kappa shape index (κ3) is 2.49. The van der Waals surface area contributed by atoms with E-state index in [0.29, 0.717) is 11.8 Å². The van der Waals surface area contributed by atoms with E-state index in [1.165, 1.54) is 0 Å². The topological polar surface area (TPSA) is 83.8 Å². The zero-order valence-corrected chi connectivity index (χ0v) is 8.49. The lowest BCUT2D eigenvalue weighted by Gasteiger charge is -2.11. The maximum absolute atomic E-state index is 11.8. The third-order valence-electron chi connectivity index (χ3n) is 1.37. The molecule has 1 heterocycles. The van der Waals surface area contributed by atoms with Crippen LogP contribution < -0.4 is 0 Å². The minimum absolute atomic E-state index is 0.158. The van der Waals surface area contributed by atoms with Crippen molar-refractivity contribution in [3.8, 4) is 0 Å². The Morgan fingerprint density at radius 2 is 2.00 bits per heavy atom. The maximum Gasteiger partial charge on any atom is 0.534 e. The normalized spacial score (nSPS) is 23.3. The van der Waals surface area contributed by atoms with Gasteiger partial charge in [-0.25, -0.2) is 0 Å². The highest BCUT2D eigenvalue weighted by molar-refractivity contribution is 8.03. The Balaban J connectivity index is 2.93. The molecule has 2 N–H and O–H groups in total. The molecule has 0 saturated heterocycles. The van der Waals surface area contributed by atoms with E-state index in [2.05, 4.69) is 4.18 Å². The molecular formula is C5H5F3O5S2. The molecule has 1 aliphatic rings. The smallest absolute Gasteiger partial charge is 0.500 e. The Bertz CT molecular complexity index is 384. The second-order valence-corrected chi connectivity index (χ2v) is 5.03. The fraction of sp³-hybridized carbons (Fsp3) is 0.600. The molecule has 1 unspecified atom stereocenters. The van der Waals surface area contributed by atoms with E-state index in [9.17, 15) is 21.6 Å². The molecule has 10 heteroatoms. The van der Waals surface area contributed by atoms with E-state index in [-0.39, 0.29) is 5.75 Å². The van der Waals surface area contributed by atoms with E-state index in [0.717, 1.165) is 0 Å². The highest BCUT2D eigenvalue weighted by atomic mass is 32.2. The number of aliphatic hydroxyl groups excluding tert-OH is 2. The first kappa shape index (κ1) is 12.5. The number of halogens is 3. The lowest BCUT2D eigenvalue weighted by atomic mass is 10.4. The molecule has 0 bridgehead atoms. The molecule has 88 valence electrons. The van der Waals surface area contributed by atoms with E-state index < -0.39 is 32.6 Å². The lowest BCUT2D eigenvalue weighted by molar-refractivity contribution is -0.0532. The highest BCUT2D eigenvalue weighted by Crippen LogP contribution is 2.34. The quantitative estimate of drug-likeness (QED) is 0.565. The minimum atomic E-state index is -5.84. The molecule has 0 saturated carbocycles. The van der Waals surface area contributed by atoms with Crippen LogP contribution in [-0.2, 0) is 14.3 Å². The molecule has 0 aromatic heterocycles. The minimum Gasteiger partial charge on any atom is -0.500 e. The largest absolute Gasteiger partial charge is 0.534 e. The number of rotatable bonds is 2. The summed E-state index contributed by atoms with van der Waals surface area (Å²) in [5.74, 6) is -1.15. The maximum atomic E-state index is 11.8. The van der Waals surface area contributed by atoms with Gasteiger partial charge in [-0.2, -0.15) is 21.6 Å². The van der Waals surface area contributed by atoms with Crippen molar-refractivity contribution in [2.45, 2.75) is 11.6 Å². The summed E-state index contributed by atoms with van der Waals surface area (Å²) in [5, 5.41) is 17.1. The van der Waals surface area contributed by atoms with Gasteiger partial charge in [-0.3, -0.25) is 0 Å². The number of aliphatic hydroxyl groups is 2. The monoisotopic (exact) mass is 266 g/mol. The predicted molar refractivity (Wildman–Crippen MR) is 44.2 cm³/mol. The average Bonchev–Trinajstić information content (AvgIpc) is 2.33. The third-order valence-corrected chi connectivity index (χ3v) is 3.30. The summed E-state index contributed by atoms with van der Waals surface area (Å²) in [6.45, 7) is 0. The van der Waals surface area contributed by atoms with Crippen LogP contribution in [0, 0.1) is 0 Å². The van der Waals surface area contributed by atoms with Crippen LogP contribution in [0.15, 0.2) is 10.9 Å². The van der Waals surface area contributed by atoms with Crippen molar-refractivity contribution in [1.82, 2.24) is 0 Å². The van der Waals surface area contributed by atoms with Crippen LogP contribution in [0.3, 0.4) is 0 Å². The van der Waals surface area contributed by atoms with Crippen molar-refractivity contribution < 1.29 is 36.0 Å². The van der Waals surface area contributed by atoms with Crippen molar-refractivity contribution in [3.63, 3.8) is 0 Å². The Morgan fingerprint density at radius 1 is 1.47 bits per heavy atom. The van der Waals surface area contributed by atoms with Crippen LogP contribution in [0.1, 0.15) is 0 Å². The van der Waals surface area contributed by atoms with E-state index in [1.807, 2.05) is 0 Å². The fourth-order valence-electron chi connectivity index (χ4n) is 0.704. The Hall–Kier alpha value is -0.610. The number of thioether (sulfide) groups is 1. The molecule has 0 spiro atoms. The van der Waals surface area contributed by atoms with Gasteiger partial charge in [0.2, 0.25) is 0 Å². The molecule has 1 aliphatic heterocycles. The van der Waals surface area contributed by atoms with Gasteiger partial charge in [0.15, 0.2) is 10.9 Å². The van der Waals surface area contributed by atoms with Crippen molar-refractivity contribution in [2.24, 2.45) is 0 Å². The van der Waals surface area contributed by atoms with Gasteiger partial charge in [-0.1, -0.05) is 11.8 Å². The summed E-state index contributed by atoms with van der Waals surface area (Å²) in [4.78, 5) is 0. The Kier molecular flexibility index (Phi) is 3.12. The molecule has 0 aliphatic carbocycles. The first-order valence-electron chi connectivity index (χ1n) is 3.40. The summed E-state index contributed by atoms with van der Waals surface area (Å²) in [7, 11) is -5.84. The van der Waals surface area contributed by atoms with Gasteiger partial charge in [-0.15, -0.1) is 0 Å². The molecule has 0 amide bonds. The van der Waals surface area contributed by atoms with E-state index >= 15 is 0 Å². The molecule has 15 heavy (non-hydrogen) atoms. The molecule has 1 atom stereocenters. The van der Waals surface area contributed by atoms with Gasteiger partial charge in [0.25, 0.3) is 0 Å². The molecular weight excluding hydrogens is 261 g/mol. The number of alkyl halides is 3. The second kappa shape index (κ2) is 3.76. The standard InChI is InChI=1S/C5H5F3O5S2/c6-5(7,8)15(11,12)13-3-2(9)1-14-4(3)10/h2,9-10H,1H2. The number of hydrogen-bond acceptors (Lipinski definition) is 6. The van der Waals surface area contributed by atoms with E-state index in [4.69, 9.17) is 10.2 Å². The van der Waals surface area contributed by atoms with Gasteiger partial charge in [-0.05, 0) is 0 Å². The van der Waals surface area contributed by atoms with Crippen LogP contribution in [-0.4, -0.2) is 36.0 Å². The molecule has 0 fully saturated rings. The van der Waals surface area contributed by atoms with Crippen LogP contribution >= 0.6 is 11.8 Å². The van der Waals surface area contributed by atoms with Gasteiger partial charge in [0, 0.05) is 5.75 Å². The highest BCUT2D eigenvalue weighted by Gasteiger charge is 2.50. The van der Waals surface area contributed by atoms with Crippen molar-refractivity contribution in [3.05, 3.63) is 10.9 Å². The molecule has 5 nitrogen and oxygen atoms in total. The summed E-state index contributed by atoms with van der Waals surface area (Å²) in [5.41, 5.74) is -5.59. The summed E-state index contributed by atoms with van der Waals surface area (Å²) in [6, 6.07) is 0. The second-order valence-electron chi connectivity index (χ2n) is 2.48. The van der Waals surface area contributed by atoms with Crippen LogP contribution in [0.4, 0.5) is 13.2 Å². The van der Waals surface area contributed by atoms with Crippen molar-refractivity contribution in [2.75, 3.05) is 5.75 Å².